The normalized spacial score (nSPS) is 21.4. The molecular weight excluding hydrogens is 218 g/mol. The van der Waals surface area contributed by atoms with Crippen LogP contribution in [0.2, 0.25) is 0 Å². The van der Waals surface area contributed by atoms with Crippen molar-refractivity contribution in [1.29, 1.82) is 0 Å². The van der Waals surface area contributed by atoms with E-state index in [1.165, 1.54) is 19.3 Å². The topological polar surface area (TPSA) is 85.2 Å². The van der Waals surface area contributed by atoms with Gasteiger partial charge in [-0.2, -0.15) is 4.98 Å². The maximum atomic E-state index is 9.84. The highest BCUT2D eigenvalue weighted by Gasteiger charge is 2.25. The Balaban J connectivity index is 2.00. The van der Waals surface area contributed by atoms with Crippen molar-refractivity contribution < 1.29 is 9.63 Å². The fraction of sp³-hybridized carbons (Fsp3) is 0.833. The standard InChI is InChI=1S/C12H21N3O2/c1-12(16,8-13)7-10-14-11(15-17-10)9-5-3-2-4-6-9/h9,16H,2-8,13H2,1H3. The lowest BCUT2D eigenvalue weighted by atomic mass is 9.89. The smallest absolute Gasteiger partial charge is 0.229 e. The first kappa shape index (κ1) is 12.5. The van der Waals surface area contributed by atoms with E-state index in [1.807, 2.05) is 0 Å². The minimum absolute atomic E-state index is 0.189. The lowest BCUT2D eigenvalue weighted by molar-refractivity contribution is 0.0610. The van der Waals surface area contributed by atoms with E-state index >= 15 is 0 Å². The predicted octanol–water partition coefficient (Wildman–Crippen LogP) is 1.37. The molecule has 0 aromatic carbocycles. The largest absolute Gasteiger partial charge is 0.388 e. The van der Waals surface area contributed by atoms with Crippen LogP contribution < -0.4 is 5.73 Å². The summed E-state index contributed by atoms with van der Waals surface area (Å²) in [5, 5.41) is 13.9. The molecule has 1 saturated carbocycles. The molecule has 17 heavy (non-hydrogen) atoms. The van der Waals surface area contributed by atoms with Crippen LogP contribution >= 0.6 is 0 Å². The molecule has 1 heterocycles. The minimum atomic E-state index is -0.962. The van der Waals surface area contributed by atoms with Crippen LogP contribution in [-0.2, 0) is 6.42 Å². The predicted molar refractivity (Wildman–Crippen MR) is 63.5 cm³/mol. The van der Waals surface area contributed by atoms with Gasteiger partial charge in [0, 0.05) is 12.5 Å². The van der Waals surface area contributed by atoms with E-state index in [-0.39, 0.29) is 6.54 Å². The quantitative estimate of drug-likeness (QED) is 0.828. The van der Waals surface area contributed by atoms with E-state index < -0.39 is 5.60 Å². The average Bonchev–Trinajstić information content (AvgIpc) is 2.78. The minimum Gasteiger partial charge on any atom is -0.388 e. The molecule has 1 fully saturated rings. The molecule has 1 aromatic heterocycles. The van der Waals surface area contributed by atoms with E-state index in [9.17, 15) is 5.11 Å². The number of hydrogen-bond acceptors (Lipinski definition) is 5. The van der Waals surface area contributed by atoms with Gasteiger partial charge < -0.3 is 15.4 Å². The van der Waals surface area contributed by atoms with Crippen molar-refractivity contribution in [2.24, 2.45) is 5.73 Å². The zero-order valence-corrected chi connectivity index (χ0v) is 10.4. The zero-order valence-electron chi connectivity index (χ0n) is 10.4. The third-order valence-corrected chi connectivity index (χ3v) is 3.43. The Morgan fingerprint density at radius 2 is 2.12 bits per heavy atom. The highest BCUT2D eigenvalue weighted by atomic mass is 16.5. The molecule has 2 rings (SSSR count). The third-order valence-electron chi connectivity index (χ3n) is 3.43. The Labute approximate surface area is 101 Å². The van der Waals surface area contributed by atoms with Gasteiger partial charge in [0.2, 0.25) is 5.89 Å². The first-order valence-corrected chi connectivity index (χ1v) is 6.36. The summed E-state index contributed by atoms with van der Waals surface area (Å²) in [6.45, 7) is 1.87. The molecule has 1 aliphatic rings. The van der Waals surface area contributed by atoms with E-state index in [2.05, 4.69) is 10.1 Å². The SMILES string of the molecule is CC(O)(CN)Cc1nc(C2CCCCC2)no1. The summed E-state index contributed by atoms with van der Waals surface area (Å²) in [4.78, 5) is 4.37. The van der Waals surface area contributed by atoms with Crippen LogP contribution in [0, 0.1) is 0 Å². The van der Waals surface area contributed by atoms with Crippen LogP contribution in [0.3, 0.4) is 0 Å². The maximum absolute atomic E-state index is 9.84. The van der Waals surface area contributed by atoms with Crippen LogP contribution in [0.4, 0.5) is 0 Å². The number of aliphatic hydroxyl groups is 1. The number of nitrogens with two attached hydrogens (primary N) is 1. The van der Waals surface area contributed by atoms with Crippen molar-refractivity contribution in [3.63, 3.8) is 0 Å². The molecule has 0 bridgehead atoms. The lowest BCUT2D eigenvalue weighted by Crippen LogP contribution is -2.36. The van der Waals surface area contributed by atoms with Crippen molar-refractivity contribution in [2.75, 3.05) is 6.54 Å². The van der Waals surface area contributed by atoms with Crippen molar-refractivity contribution in [3.8, 4) is 0 Å². The summed E-state index contributed by atoms with van der Waals surface area (Å²) in [6.07, 6.45) is 6.41. The van der Waals surface area contributed by atoms with Gasteiger partial charge in [0.05, 0.1) is 12.0 Å². The van der Waals surface area contributed by atoms with Gasteiger partial charge >= 0.3 is 0 Å². The Hall–Kier alpha value is -0.940. The molecule has 0 spiro atoms. The van der Waals surface area contributed by atoms with Gasteiger partial charge in [-0.3, -0.25) is 0 Å². The van der Waals surface area contributed by atoms with Crippen molar-refractivity contribution in [1.82, 2.24) is 10.1 Å². The fourth-order valence-electron chi connectivity index (χ4n) is 2.26. The second-order valence-electron chi connectivity index (χ2n) is 5.26. The molecule has 0 saturated heterocycles. The number of aromatic nitrogens is 2. The van der Waals surface area contributed by atoms with Gasteiger partial charge in [0.1, 0.15) is 0 Å². The van der Waals surface area contributed by atoms with Gasteiger partial charge in [-0.25, -0.2) is 0 Å². The molecule has 0 amide bonds. The van der Waals surface area contributed by atoms with Gasteiger partial charge in [-0.1, -0.05) is 24.4 Å². The highest BCUT2D eigenvalue weighted by molar-refractivity contribution is 4.99. The van der Waals surface area contributed by atoms with Crippen LogP contribution in [0.1, 0.15) is 56.7 Å². The van der Waals surface area contributed by atoms with Gasteiger partial charge in [0.25, 0.3) is 0 Å². The molecule has 96 valence electrons. The maximum Gasteiger partial charge on any atom is 0.229 e. The van der Waals surface area contributed by atoms with Crippen LogP contribution in [0.5, 0.6) is 0 Å². The van der Waals surface area contributed by atoms with Crippen LogP contribution in [0.25, 0.3) is 0 Å². The second-order valence-corrected chi connectivity index (χ2v) is 5.26. The third kappa shape index (κ3) is 3.26. The molecule has 0 radical (unpaired) electrons. The van der Waals surface area contributed by atoms with Crippen molar-refractivity contribution in [3.05, 3.63) is 11.7 Å². The summed E-state index contributed by atoms with van der Waals surface area (Å²) in [5.74, 6) is 1.72. The fourth-order valence-corrected chi connectivity index (χ4v) is 2.26. The molecule has 1 unspecified atom stereocenters. The first-order chi connectivity index (χ1) is 8.11. The number of nitrogens with zero attached hydrogens (tertiary/aromatic N) is 2. The summed E-state index contributed by atoms with van der Waals surface area (Å²) in [5.41, 5.74) is 4.50. The Morgan fingerprint density at radius 3 is 2.76 bits per heavy atom. The van der Waals surface area contributed by atoms with E-state index in [0.717, 1.165) is 18.7 Å². The summed E-state index contributed by atoms with van der Waals surface area (Å²) < 4.78 is 5.18. The number of rotatable bonds is 4. The first-order valence-electron chi connectivity index (χ1n) is 6.36. The van der Waals surface area contributed by atoms with Crippen molar-refractivity contribution >= 4 is 0 Å². The molecule has 0 aliphatic heterocycles. The van der Waals surface area contributed by atoms with E-state index in [0.29, 0.717) is 18.2 Å². The van der Waals surface area contributed by atoms with Crippen LogP contribution in [0.15, 0.2) is 4.52 Å². The monoisotopic (exact) mass is 239 g/mol. The molecule has 1 aliphatic carbocycles. The molecule has 1 aromatic rings. The average molecular weight is 239 g/mol. The van der Waals surface area contributed by atoms with Crippen molar-refractivity contribution in [2.45, 2.75) is 57.0 Å². The Bertz CT molecular complexity index is 356. The Morgan fingerprint density at radius 1 is 1.41 bits per heavy atom. The van der Waals surface area contributed by atoms with E-state index in [4.69, 9.17) is 10.3 Å². The molecule has 5 nitrogen and oxygen atoms in total. The van der Waals surface area contributed by atoms with Crippen LogP contribution in [-0.4, -0.2) is 27.4 Å². The lowest BCUT2D eigenvalue weighted by Gasteiger charge is -2.18. The summed E-state index contributed by atoms with van der Waals surface area (Å²) in [7, 11) is 0. The molecule has 3 N–H and O–H groups in total. The van der Waals surface area contributed by atoms with Gasteiger partial charge in [-0.15, -0.1) is 0 Å². The molecular formula is C12H21N3O2. The highest BCUT2D eigenvalue weighted by Crippen LogP contribution is 2.30. The van der Waals surface area contributed by atoms with Gasteiger partial charge in [-0.05, 0) is 19.8 Å². The van der Waals surface area contributed by atoms with Gasteiger partial charge in [0.15, 0.2) is 5.82 Å². The Kier molecular flexibility index (Phi) is 3.79. The zero-order chi connectivity index (χ0) is 12.3. The summed E-state index contributed by atoms with van der Waals surface area (Å²) in [6, 6.07) is 0. The second kappa shape index (κ2) is 5.14. The van der Waals surface area contributed by atoms with E-state index in [1.54, 1.807) is 6.92 Å². The molecule has 1 atom stereocenters. The molecule has 5 heteroatoms. The summed E-state index contributed by atoms with van der Waals surface area (Å²) >= 11 is 0. The number of hydrogen-bond donors (Lipinski definition) is 2.